The average Bonchev–Trinajstić information content (AvgIpc) is 2.49. The van der Waals surface area contributed by atoms with Crippen LogP contribution in [0.15, 0.2) is 0 Å². The van der Waals surface area contributed by atoms with E-state index in [1.807, 2.05) is 0 Å². The zero-order chi connectivity index (χ0) is 15.6. The van der Waals surface area contributed by atoms with Crippen LogP contribution in [-0.2, 0) is 9.47 Å². The summed E-state index contributed by atoms with van der Waals surface area (Å²) < 4.78 is 10.1. The first-order chi connectivity index (χ1) is 10.3. The van der Waals surface area contributed by atoms with Gasteiger partial charge in [0.25, 0.3) is 0 Å². The van der Waals surface area contributed by atoms with Gasteiger partial charge in [-0.1, -0.05) is 84.5 Å². The number of hydrogen-bond acceptors (Lipinski definition) is 3. The van der Waals surface area contributed by atoms with Crippen LogP contribution in [0, 0.1) is 0 Å². The van der Waals surface area contributed by atoms with E-state index in [0.29, 0.717) is 13.2 Å². The van der Waals surface area contributed by atoms with Crippen LogP contribution in [0.25, 0.3) is 0 Å². The maximum Gasteiger partial charge on any atom is 0.508 e. The van der Waals surface area contributed by atoms with Gasteiger partial charge in [-0.3, -0.25) is 0 Å². The Morgan fingerprint density at radius 2 is 0.905 bits per heavy atom. The molecule has 0 heterocycles. The lowest BCUT2D eigenvalue weighted by atomic mass is 10.1. The largest absolute Gasteiger partial charge is 0.508 e. The second-order valence-electron chi connectivity index (χ2n) is 5.84. The van der Waals surface area contributed by atoms with Crippen LogP contribution in [-0.4, -0.2) is 19.4 Å². The third kappa shape index (κ3) is 17.2. The first-order valence-corrected chi connectivity index (χ1v) is 9.10. The van der Waals surface area contributed by atoms with Gasteiger partial charge < -0.3 is 9.47 Å². The van der Waals surface area contributed by atoms with Gasteiger partial charge in [0.2, 0.25) is 0 Å². The van der Waals surface area contributed by atoms with E-state index in [2.05, 4.69) is 13.8 Å². The van der Waals surface area contributed by atoms with Gasteiger partial charge in [0.15, 0.2) is 0 Å². The molecule has 0 bridgehead atoms. The molecule has 0 atom stereocenters. The lowest BCUT2D eigenvalue weighted by Gasteiger charge is -2.06. The van der Waals surface area contributed by atoms with Gasteiger partial charge in [-0.2, -0.15) is 0 Å². The Balaban J connectivity index is 3.11. The highest BCUT2D eigenvalue weighted by atomic mass is 16.7. The number of ether oxygens (including phenoxy) is 2. The molecule has 0 aromatic heterocycles. The summed E-state index contributed by atoms with van der Waals surface area (Å²) in [6.07, 6.45) is 15.4. The van der Waals surface area contributed by atoms with Crippen molar-refractivity contribution >= 4 is 6.16 Å². The molecular formula is C18H36O3. The lowest BCUT2D eigenvalue weighted by molar-refractivity contribution is 0.0529. The fraction of sp³-hybridized carbons (Fsp3) is 0.944. The number of carbonyl (C=O) groups excluding carboxylic acids is 1. The van der Waals surface area contributed by atoms with Crippen molar-refractivity contribution in [1.82, 2.24) is 0 Å². The highest BCUT2D eigenvalue weighted by molar-refractivity contribution is 5.59. The minimum Gasteiger partial charge on any atom is -0.434 e. The smallest absolute Gasteiger partial charge is 0.434 e. The topological polar surface area (TPSA) is 35.5 Å². The number of unbranched alkanes of at least 4 members (excludes halogenated alkanes) is 11. The van der Waals surface area contributed by atoms with Crippen molar-refractivity contribution in [3.05, 3.63) is 0 Å². The summed E-state index contributed by atoms with van der Waals surface area (Å²) in [5.41, 5.74) is 0. The molecule has 0 aromatic rings. The maximum atomic E-state index is 11.3. The predicted molar refractivity (Wildman–Crippen MR) is 88.7 cm³/mol. The van der Waals surface area contributed by atoms with Gasteiger partial charge in [-0.25, -0.2) is 4.79 Å². The molecule has 0 aliphatic heterocycles. The minimum absolute atomic E-state index is 0.494. The zero-order valence-electron chi connectivity index (χ0n) is 14.3. The van der Waals surface area contributed by atoms with Gasteiger partial charge in [0.05, 0.1) is 13.2 Å². The highest BCUT2D eigenvalue weighted by Crippen LogP contribution is 2.09. The molecule has 0 rings (SSSR count). The molecule has 3 heteroatoms. The van der Waals surface area contributed by atoms with Crippen LogP contribution < -0.4 is 0 Å². The molecule has 0 fully saturated rings. The normalized spacial score (nSPS) is 10.6. The molecule has 0 aliphatic carbocycles. The predicted octanol–water partition coefficient (Wildman–Crippen LogP) is 6.25. The Hall–Kier alpha value is -0.730. The molecule has 126 valence electrons. The van der Waals surface area contributed by atoms with Gasteiger partial charge in [-0.15, -0.1) is 0 Å². The molecule has 0 aliphatic rings. The molecule has 0 spiro atoms. The average molecular weight is 300 g/mol. The van der Waals surface area contributed by atoms with Crippen LogP contribution in [0.1, 0.15) is 97.3 Å². The van der Waals surface area contributed by atoms with E-state index in [0.717, 1.165) is 25.7 Å². The zero-order valence-corrected chi connectivity index (χ0v) is 14.3. The van der Waals surface area contributed by atoms with Crippen molar-refractivity contribution in [2.24, 2.45) is 0 Å². The second kappa shape index (κ2) is 17.3. The third-order valence-corrected chi connectivity index (χ3v) is 3.69. The van der Waals surface area contributed by atoms with Crippen LogP contribution in [0.2, 0.25) is 0 Å². The van der Waals surface area contributed by atoms with E-state index < -0.39 is 6.16 Å². The first kappa shape index (κ1) is 20.3. The van der Waals surface area contributed by atoms with Crippen LogP contribution in [0.4, 0.5) is 4.79 Å². The Morgan fingerprint density at radius 3 is 1.33 bits per heavy atom. The number of hydrogen-bond donors (Lipinski definition) is 0. The number of carbonyl (C=O) groups is 1. The minimum atomic E-state index is -0.494. The standard InChI is InChI=1S/C18H36O3/c1-3-5-7-9-10-11-12-13-15-17-21-18(19)20-16-14-8-6-4-2/h3-17H2,1-2H3. The Kier molecular flexibility index (Phi) is 16.7. The molecule has 21 heavy (non-hydrogen) atoms. The molecule has 0 unspecified atom stereocenters. The third-order valence-electron chi connectivity index (χ3n) is 3.69. The summed E-state index contributed by atoms with van der Waals surface area (Å²) >= 11 is 0. The molecule has 0 saturated heterocycles. The van der Waals surface area contributed by atoms with Gasteiger partial charge >= 0.3 is 6.16 Å². The Bertz CT molecular complexity index is 217. The molecule has 0 N–H and O–H groups in total. The molecule has 0 amide bonds. The molecule has 3 nitrogen and oxygen atoms in total. The van der Waals surface area contributed by atoms with E-state index in [4.69, 9.17) is 9.47 Å². The quantitative estimate of drug-likeness (QED) is 0.265. The second-order valence-corrected chi connectivity index (χ2v) is 5.84. The number of rotatable bonds is 15. The van der Waals surface area contributed by atoms with Gasteiger partial charge in [-0.05, 0) is 12.8 Å². The van der Waals surface area contributed by atoms with E-state index in [9.17, 15) is 4.79 Å². The summed E-state index contributed by atoms with van der Waals surface area (Å²) in [6.45, 7) is 5.41. The SMILES string of the molecule is CCCCCCCCCCCOC(=O)OCCCCCC. The molecular weight excluding hydrogens is 264 g/mol. The fourth-order valence-electron chi connectivity index (χ4n) is 2.29. The maximum absolute atomic E-state index is 11.3. The van der Waals surface area contributed by atoms with Crippen LogP contribution in [0.3, 0.4) is 0 Å². The van der Waals surface area contributed by atoms with Crippen molar-refractivity contribution < 1.29 is 14.3 Å². The van der Waals surface area contributed by atoms with E-state index in [-0.39, 0.29) is 0 Å². The Morgan fingerprint density at radius 1 is 0.571 bits per heavy atom. The van der Waals surface area contributed by atoms with Crippen LogP contribution in [0.5, 0.6) is 0 Å². The van der Waals surface area contributed by atoms with Gasteiger partial charge in [0.1, 0.15) is 0 Å². The first-order valence-electron chi connectivity index (χ1n) is 9.10. The van der Waals surface area contributed by atoms with Crippen molar-refractivity contribution in [1.29, 1.82) is 0 Å². The van der Waals surface area contributed by atoms with Crippen LogP contribution >= 0.6 is 0 Å². The monoisotopic (exact) mass is 300 g/mol. The van der Waals surface area contributed by atoms with Gasteiger partial charge in [0, 0.05) is 0 Å². The summed E-state index contributed by atoms with van der Waals surface area (Å²) in [6, 6.07) is 0. The summed E-state index contributed by atoms with van der Waals surface area (Å²) in [5, 5.41) is 0. The Labute approximate surface area is 131 Å². The lowest BCUT2D eigenvalue weighted by Crippen LogP contribution is -2.09. The van der Waals surface area contributed by atoms with Crippen molar-refractivity contribution in [3.63, 3.8) is 0 Å². The van der Waals surface area contributed by atoms with Crippen molar-refractivity contribution in [3.8, 4) is 0 Å². The summed E-state index contributed by atoms with van der Waals surface area (Å²) in [5.74, 6) is 0. The molecule has 0 saturated carbocycles. The fourth-order valence-corrected chi connectivity index (χ4v) is 2.29. The van der Waals surface area contributed by atoms with E-state index in [1.54, 1.807) is 0 Å². The summed E-state index contributed by atoms with van der Waals surface area (Å²) in [4.78, 5) is 11.3. The van der Waals surface area contributed by atoms with E-state index >= 15 is 0 Å². The van der Waals surface area contributed by atoms with Crippen molar-refractivity contribution in [2.45, 2.75) is 97.3 Å². The molecule has 0 radical (unpaired) electrons. The summed E-state index contributed by atoms with van der Waals surface area (Å²) in [7, 11) is 0. The van der Waals surface area contributed by atoms with E-state index in [1.165, 1.54) is 57.8 Å². The van der Waals surface area contributed by atoms with Crippen molar-refractivity contribution in [2.75, 3.05) is 13.2 Å². The highest BCUT2D eigenvalue weighted by Gasteiger charge is 2.02. The molecule has 0 aromatic carbocycles.